The number of carbonyl (C=O) groups is 1. The summed E-state index contributed by atoms with van der Waals surface area (Å²) in [4.78, 5) is 11.7. The van der Waals surface area contributed by atoms with E-state index in [0.717, 1.165) is 0 Å². The second-order valence-electron chi connectivity index (χ2n) is 4.25. The molecule has 0 saturated heterocycles. The first-order valence-corrected chi connectivity index (χ1v) is 7.68. The summed E-state index contributed by atoms with van der Waals surface area (Å²) in [7, 11) is -2.47. The first kappa shape index (κ1) is 15.8. The summed E-state index contributed by atoms with van der Waals surface area (Å²) in [6.45, 7) is 0. The molecule has 22 heavy (non-hydrogen) atoms. The predicted molar refractivity (Wildman–Crippen MR) is 80.7 cm³/mol. The highest BCUT2D eigenvalue weighted by Gasteiger charge is 2.13. The maximum absolute atomic E-state index is 11.9. The molecular weight excluding hydrogens is 308 g/mol. The van der Waals surface area contributed by atoms with Crippen LogP contribution in [-0.2, 0) is 14.8 Å². The van der Waals surface area contributed by atoms with Gasteiger partial charge >= 0.3 is 0 Å². The van der Waals surface area contributed by atoms with Crippen molar-refractivity contribution in [2.75, 3.05) is 12.4 Å². The van der Waals surface area contributed by atoms with Gasteiger partial charge in [-0.05, 0) is 36.4 Å². The molecule has 0 spiro atoms. The number of nitrogens with two attached hydrogens (primary N) is 1. The van der Waals surface area contributed by atoms with Gasteiger partial charge in [0.1, 0.15) is 11.5 Å². The highest BCUT2D eigenvalue weighted by molar-refractivity contribution is 7.89. The molecule has 0 atom stereocenters. The maximum atomic E-state index is 11.9. The van der Waals surface area contributed by atoms with Crippen LogP contribution >= 0.6 is 0 Å². The van der Waals surface area contributed by atoms with Crippen LogP contribution in [0.25, 0.3) is 6.08 Å². The van der Waals surface area contributed by atoms with Crippen LogP contribution in [0.1, 0.15) is 5.76 Å². The first-order chi connectivity index (χ1) is 10.4. The van der Waals surface area contributed by atoms with Gasteiger partial charge in [0, 0.05) is 6.08 Å². The van der Waals surface area contributed by atoms with Gasteiger partial charge in [-0.2, -0.15) is 0 Å². The third-order valence-electron chi connectivity index (χ3n) is 2.70. The monoisotopic (exact) mass is 322 g/mol. The number of ether oxygens (including phenoxy) is 1. The summed E-state index contributed by atoms with van der Waals surface area (Å²) in [6.07, 6.45) is 4.21. The van der Waals surface area contributed by atoms with E-state index in [0.29, 0.717) is 11.5 Å². The van der Waals surface area contributed by atoms with Crippen molar-refractivity contribution in [1.29, 1.82) is 0 Å². The second kappa shape index (κ2) is 6.46. The lowest BCUT2D eigenvalue weighted by atomic mass is 10.3. The molecule has 0 saturated carbocycles. The minimum Gasteiger partial charge on any atom is -0.495 e. The fraction of sp³-hybridized carbons (Fsp3) is 0.0714. The van der Waals surface area contributed by atoms with Crippen LogP contribution in [0, 0.1) is 0 Å². The lowest BCUT2D eigenvalue weighted by molar-refractivity contribution is -0.111. The molecule has 1 amide bonds. The van der Waals surface area contributed by atoms with E-state index in [1.807, 2.05) is 0 Å². The summed E-state index contributed by atoms with van der Waals surface area (Å²) < 4.78 is 32.8. The van der Waals surface area contributed by atoms with Crippen molar-refractivity contribution < 1.29 is 22.4 Å². The number of amides is 1. The van der Waals surface area contributed by atoms with E-state index in [1.165, 1.54) is 43.7 Å². The van der Waals surface area contributed by atoms with Crippen LogP contribution in [0.4, 0.5) is 5.69 Å². The van der Waals surface area contributed by atoms with E-state index >= 15 is 0 Å². The highest BCUT2D eigenvalue weighted by Crippen LogP contribution is 2.27. The van der Waals surface area contributed by atoms with E-state index in [2.05, 4.69) is 5.32 Å². The van der Waals surface area contributed by atoms with Crippen molar-refractivity contribution in [2.24, 2.45) is 5.14 Å². The average molecular weight is 322 g/mol. The van der Waals surface area contributed by atoms with Gasteiger partial charge < -0.3 is 14.5 Å². The van der Waals surface area contributed by atoms with Crippen molar-refractivity contribution >= 4 is 27.7 Å². The van der Waals surface area contributed by atoms with Crippen molar-refractivity contribution in [3.63, 3.8) is 0 Å². The van der Waals surface area contributed by atoms with Gasteiger partial charge in [0.2, 0.25) is 15.9 Å². The molecule has 3 N–H and O–H groups in total. The number of primary sulfonamides is 1. The number of hydrogen-bond donors (Lipinski definition) is 2. The zero-order valence-electron chi connectivity index (χ0n) is 11.6. The average Bonchev–Trinajstić information content (AvgIpc) is 2.97. The molecule has 0 radical (unpaired) electrons. The van der Waals surface area contributed by atoms with Gasteiger partial charge in [-0.25, -0.2) is 13.6 Å². The van der Waals surface area contributed by atoms with Crippen LogP contribution in [0.5, 0.6) is 5.75 Å². The SMILES string of the molecule is COc1ccc(S(N)(=O)=O)cc1NC(=O)/C=C/c1ccco1. The highest BCUT2D eigenvalue weighted by atomic mass is 32.2. The van der Waals surface area contributed by atoms with Gasteiger partial charge in [0.15, 0.2) is 0 Å². The normalized spacial score (nSPS) is 11.5. The molecule has 1 aromatic carbocycles. The molecule has 7 nitrogen and oxygen atoms in total. The summed E-state index contributed by atoms with van der Waals surface area (Å²) in [5.41, 5.74) is 0.197. The van der Waals surface area contributed by atoms with Crippen LogP contribution in [0.3, 0.4) is 0 Å². The largest absolute Gasteiger partial charge is 0.495 e. The molecule has 1 aromatic heterocycles. The van der Waals surface area contributed by atoms with Gasteiger partial charge in [-0.3, -0.25) is 4.79 Å². The van der Waals surface area contributed by atoms with Crippen LogP contribution in [0.15, 0.2) is 52.0 Å². The number of rotatable bonds is 5. The number of nitrogens with one attached hydrogen (secondary N) is 1. The fourth-order valence-corrected chi connectivity index (χ4v) is 2.22. The van der Waals surface area contributed by atoms with E-state index in [4.69, 9.17) is 14.3 Å². The molecule has 0 fully saturated rings. The van der Waals surface area contributed by atoms with E-state index < -0.39 is 15.9 Å². The summed E-state index contributed by atoms with van der Waals surface area (Å²) in [5, 5.41) is 7.59. The van der Waals surface area contributed by atoms with E-state index in [-0.39, 0.29) is 10.6 Å². The number of hydrogen-bond acceptors (Lipinski definition) is 5. The minimum atomic E-state index is -3.87. The molecular formula is C14H14N2O5S. The minimum absolute atomic E-state index is 0.126. The van der Waals surface area contributed by atoms with Gasteiger partial charge in [0.05, 0.1) is 24.0 Å². The molecule has 2 rings (SSSR count). The Kier molecular flexibility index (Phi) is 4.64. The summed E-state index contributed by atoms with van der Waals surface area (Å²) >= 11 is 0. The predicted octanol–water partition coefficient (Wildman–Crippen LogP) is 1.59. The Morgan fingerprint density at radius 3 is 2.73 bits per heavy atom. The van der Waals surface area contributed by atoms with Gasteiger partial charge in [-0.15, -0.1) is 0 Å². The molecule has 116 valence electrons. The Morgan fingerprint density at radius 2 is 2.14 bits per heavy atom. The number of furan rings is 1. The summed E-state index contributed by atoms with van der Waals surface area (Å²) in [6, 6.07) is 7.31. The van der Waals surface area contributed by atoms with Crippen LogP contribution in [0.2, 0.25) is 0 Å². The molecule has 0 aliphatic carbocycles. The first-order valence-electron chi connectivity index (χ1n) is 6.13. The number of carbonyl (C=O) groups excluding carboxylic acids is 1. The van der Waals surface area contributed by atoms with Crippen LogP contribution in [-0.4, -0.2) is 21.4 Å². The number of methoxy groups -OCH3 is 1. The van der Waals surface area contributed by atoms with Crippen LogP contribution < -0.4 is 15.2 Å². The zero-order chi connectivity index (χ0) is 16.2. The maximum Gasteiger partial charge on any atom is 0.248 e. The molecule has 8 heteroatoms. The molecule has 0 aliphatic rings. The van der Waals surface area contributed by atoms with Crippen molar-refractivity contribution in [1.82, 2.24) is 0 Å². The Bertz CT molecular complexity index is 795. The Hall–Kier alpha value is -2.58. The van der Waals surface area contributed by atoms with Crippen molar-refractivity contribution in [3.8, 4) is 5.75 Å². The van der Waals surface area contributed by atoms with E-state index in [9.17, 15) is 13.2 Å². The Morgan fingerprint density at radius 1 is 1.36 bits per heavy atom. The second-order valence-corrected chi connectivity index (χ2v) is 5.81. The van der Waals surface area contributed by atoms with Crippen molar-refractivity contribution in [2.45, 2.75) is 4.90 Å². The number of benzene rings is 1. The molecule has 0 unspecified atom stereocenters. The lowest BCUT2D eigenvalue weighted by Gasteiger charge is -2.10. The number of sulfonamides is 1. The molecule has 1 heterocycles. The fourth-order valence-electron chi connectivity index (χ4n) is 1.68. The lowest BCUT2D eigenvalue weighted by Crippen LogP contribution is -2.14. The topological polar surface area (TPSA) is 112 Å². The molecule has 0 bridgehead atoms. The summed E-state index contributed by atoms with van der Waals surface area (Å²) in [5.74, 6) is 0.355. The zero-order valence-corrected chi connectivity index (χ0v) is 12.5. The standard InChI is InChI=1S/C14H14N2O5S/c1-20-13-6-5-11(22(15,18)19)9-12(13)16-14(17)7-4-10-3-2-8-21-10/h2-9H,1H3,(H,16,17)(H2,15,18,19)/b7-4+. The van der Waals surface area contributed by atoms with E-state index in [1.54, 1.807) is 12.1 Å². The Balaban J connectivity index is 2.22. The van der Waals surface area contributed by atoms with Crippen molar-refractivity contribution in [3.05, 3.63) is 48.4 Å². The third kappa shape index (κ3) is 3.96. The third-order valence-corrected chi connectivity index (χ3v) is 3.61. The smallest absolute Gasteiger partial charge is 0.248 e. The Labute approximate surface area is 127 Å². The molecule has 0 aliphatic heterocycles. The number of anilines is 1. The van der Waals surface area contributed by atoms with Gasteiger partial charge in [-0.1, -0.05) is 0 Å². The quantitative estimate of drug-likeness (QED) is 0.812. The van der Waals surface area contributed by atoms with Gasteiger partial charge in [0.25, 0.3) is 0 Å². The molecule has 2 aromatic rings.